The molecule has 2 unspecified atom stereocenters. The Bertz CT molecular complexity index is 499. The summed E-state index contributed by atoms with van der Waals surface area (Å²) in [5, 5.41) is 0. The molecule has 0 aromatic heterocycles. The van der Waals surface area contributed by atoms with Crippen molar-refractivity contribution in [1.82, 2.24) is 9.80 Å². The van der Waals surface area contributed by atoms with Gasteiger partial charge in [-0.3, -0.25) is 29.0 Å². The maximum absolute atomic E-state index is 11.7. The first kappa shape index (κ1) is 14.2. The minimum Gasteiger partial charge on any atom is -0.273 e. The SMILES string of the molecule is CCC(CC(C)N1C(=O)C=CC1=O)N1C(=O)C=CC1=O. The van der Waals surface area contributed by atoms with Crippen LogP contribution in [0.4, 0.5) is 0 Å². The van der Waals surface area contributed by atoms with E-state index in [-0.39, 0.29) is 35.7 Å². The summed E-state index contributed by atoms with van der Waals surface area (Å²) in [6.45, 7) is 3.60. The number of imide groups is 2. The zero-order valence-electron chi connectivity index (χ0n) is 11.4. The molecule has 0 radical (unpaired) electrons. The van der Waals surface area contributed by atoms with Crippen molar-refractivity contribution in [1.29, 1.82) is 0 Å². The van der Waals surface area contributed by atoms with E-state index in [0.717, 1.165) is 4.90 Å². The van der Waals surface area contributed by atoms with Gasteiger partial charge in [-0.15, -0.1) is 0 Å². The molecular formula is C14H16N2O4. The van der Waals surface area contributed by atoms with Gasteiger partial charge in [-0.25, -0.2) is 0 Å². The molecule has 2 atom stereocenters. The Hall–Kier alpha value is -2.24. The van der Waals surface area contributed by atoms with Crippen LogP contribution in [0.25, 0.3) is 0 Å². The third kappa shape index (κ3) is 2.41. The fourth-order valence-corrected chi connectivity index (χ4v) is 2.57. The van der Waals surface area contributed by atoms with Gasteiger partial charge in [0, 0.05) is 36.4 Å². The van der Waals surface area contributed by atoms with Crippen LogP contribution in [0, 0.1) is 0 Å². The van der Waals surface area contributed by atoms with Gasteiger partial charge in [-0.2, -0.15) is 0 Å². The van der Waals surface area contributed by atoms with Gasteiger partial charge in [0.05, 0.1) is 0 Å². The van der Waals surface area contributed by atoms with Crippen molar-refractivity contribution < 1.29 is 19.2 Å². The van der Waals surface area contributed by atoms with Crippen LogP contribution in [0.2, 0.25) is 0 Å². The lowest BCUT2D eigenvalue weighted by Gasteiger charge is -2.30. The van der Waals surface area contributed by atoms with Gasteiger partial charge in [0.1, 0.15) is 0 Å². The van der Waals surface area contributed by atoms with E-state index in [1.807, 2.05) is 6.92 Å². The summed E-state index contributed by atoms with van der Waals surface area (Å²) in [6.07, 6.45) is 5.90. The molecule has 4 amide bonds. The van der Waals surface area contributed by atoms with Gasteiger partial charge in [-0.05, 0) is 19.8 Å². The smallest absolute Gasteiger partial charge is 0.253 e. The van der Waals surface area contributed by atoms with Crippen molar-refractivity contribution in [3.05, 3.63) is 24.3 Å². The molecule has 106 valence electrons. The van der Waals surface area contributed by atoms with Crippen LogP contribution in [0.3, 0.4) is 0 Å². The zero-order valence-corrected chi connectivity index (χ0v) is 11.4. The number of carbonyl (C=O) groups is 4. The monoisotopic (exact) mass is 276 g/mol. The van der Waals surface area contributed by atoms with Crippen molar-refractivity contribution in [3.8, 4) is 0 Å². The molecule has 0 saturated carbocycles. The van der Waals surface area contributed by atoms with Crippen molar-refractivity contribution in [3.63, 3.8) is 0 Å². The summed E-state index contributed by atoms with van der Waals surface area (Å²) in [4.78, 5) is 48.9. The summed E-state index contributed by atoms with van der Waals surface area (Å²) in [7, 11) is 0. The minimum atomic E-state index is -0.365. The van der Waals surface area contributed by atoms with E-state index in [1.165, 1.54) is 29.2 Å². The first-order chi connectivity index (χ1) is 9.45. The quantitative estimate of drug-likeness (QED) is 0.681. The van der Waals surface area contributed by atoms with Gasteiger partial charge in [0.15, 0.2) is 0 Å². The number of rotatable bonds is 5. The molecule has 0 saturated heterocycles. The van der Waals surface area contributed by atoms with Crippen molar-refractivity contribution >= 4 is 23.6 Å². The second kappa shape index (κ2) is 5.40. The van der Waals surface area contributed by atoms with Crippen molar-refractivity contribution in [2.24, 2.45) is 0 Å². The maximum atomic E-state index is 11.7. The molecule has 0 fully saturated rings. The summed E-state index contributed by atoms with van der Waals surface area (Å²) in [5.74, 6) is -1.39. The van der Waals surface area contributed by atoms with E-state index < -0.39 is 0 Å². The molecule has 2 rings (SSSR count). The molecule has 0 aliphatic carbocycles. The number of hydrogen-bond acceptors (Lipinski definition) is 4. The van der Waals surface area contributed by atoms with Crippen LogP contribution < -0.4 is 0 Å². The Morgan fingerprint density at radius 1 is 0.850 bits per heavy atom. The van der Waals surface area contributed by atoms with Crippen LogP contribution in [0.15, 0.2) is 24.3 Å². The van der Waals surface area contributed by atoms with Gasteiger partial charge < -0.3 is 0 Å². The topological polar surface area (TPSA) is 74.8 Å². The van der Waals surface area contributed by atoms with E-state index in [0.29, 0.717) is 12.8 Å². The number of hydrogen-bond donors (Lipinski definition) is 0. The van der Waals surface area contributed by atoms with E-state index in [1.54, 1.807) is 6.92 Å². The van der Waals surface area contributed by atoms with Crippen LogP contribution >= 0.6 is 0 Å². The number of nitrogens with zero attached hydrogens (tertiary/aromatic N) is 2. The van der Waals surface area contributed by atoms with E-state index >= 15 is 0 Å². The largest absolute Gasteiger partial charge is 0.273 e. The first-order valence-corrected chi connectivity index (χ1v) is 6.56. The Labute approximate surface area is 116 Å². The highest BCUT2D eigenvalue weighted by molar-refractivity contribution is 6.14. The summed E-state index contributed by atoms with van der Waals surface area (Å²) in [6, 6.07) is -0.683. The molecule has 0 N–H and O–H groups in total. The molecule has 0 spiro atoms. The Balaban J connectivity index is 2.07. The van der Waals surface area contributed by atoms with Crippen LogP contribution in [0.1, 0.15) is 26.7 Å². The molecular weight excluding hydrogens is 260 g/mol. The predicted molar refractivity (Wildman–Crippen MR) is 70.1 cm³/mol. The lowest BCUT2D eigenvalue weighted by atomic mass is 10.0. The molecule has 0 aromatic rings. The van der Waals surface area contributed by atoms with Crippen LogP contribution in [0.5, 0.6) is 0 Å². The summed E-state index contributed by atoms with van der Waals surface area (Å²) >= 11 is 0. The van der Waals surface area contributed by atoms with E-state index in [2.05, 4.69) is 0 Å². The number of carbonyl (C=O) groups excluding carboxylic acids is 4. The highest BCUT2D eigenvalue weighted by atomic mass is 16.2. The van der Waals surface area contributed by atoms with E-state index in [9.17, 15) is 19.2 Å². The zero-order chi connectivity index (χ0) is 14.9. The molecule has 2 heterocycles. The third-order valence-corrected chi connectivity index (χ3v) is 3.58. The van der Waals surface area contributed by atoms with Crippen molar-refractivity contribution in [2.75, 3.05) is 0 Å². The van der Waals surface area contributed by atoms with Gasteiger partial charge in [-0.1, -0.05) is 6.92 Å². The highest BCUT2D eigenvalue weighted by Gasteiger charge is 2.35. The molecule has 0 aromatic carbocycles. The minimum absolute atomic E-state index is 0.318. The predicted octanol–water partition coefficient (Wildman–Crippen LogP) is 0.394. The van der Waals surface area contributed by atoms with Crippen LogP contribution in [-0.4, -0.2) is 45.5 Å². The van der Waals surface area contributed by atoms with Crippen molar-refractivity contribution in [2.45, 2.75) is 38.8 Å². The Kier molecular flexibility index (Phi) is 3.83. The molecule has 6 heteroatoms. The van der Waals surface area contributed by atoms with E-state index in [4.69, 9.17) is 0 Å². The lowest BCUT2D eigenvalue weighted by Crippen LogP contribution is -2.46. The fraction of sp³-hybridized carbons (Fsp3) is 0.429. The van der Waals surface area contributed by atoms with Gasteiger partial charge >= 0.3 is 0 Å². The average molecular weight is 276 g/mol. The summed E-state index contributed by atoms with van der Waals surface area (Å²) < 4.78 is 0. The highest BCUT2D eigenvalue weighted by Crippen LogP contribution is 2.20. The third-order valence-electron chi connectivity index (χ3n) is 3.58. The molecule has 0 bridgehead atoms. The first-order valence-electron chi connectivity index (χ1n) is 6.56. The Morgan fingerprint density at radius 2 is 1.25 bits per heavy atom. The fourth-order valence-electron chi connectivity index (χ4n) is 2.57. The van der Waals surface area contributed by atoms with Gasteiger partial charge in [0.25, 0.3) is 23.6 Å². The molecule has 6 nitrogen and oxygen atoms in total. The van der Waals surface area contributed by atoms with Crippen LogP contribution in [-0.2, 0) is 19.2 Å². The maximum Gasteiger partial charge on any atom is 0.253 e. The standard InChI is InChI=1S/C14H16N2O4/c1-3-10(16-13(19)6-7-14(16)20)8-9(2)15-11(17)4-5-12(15)18/h4-7,9-10H,3,8H2,1-2H3. The normalized spacial score (nSPS) is 21.3. The Morgan fingerprint density at radius 3 is 1.65 bits per heavy atom. The average Bonchev–Trinajstić information content (AvgIpc) is 2.90. The summed E-state index contributed by atoms with van der Waals surface area (Å²) in [5.41, 5.74) is 0. The second-order valence-electron chi connectivity index (χ2n) is 4.91. The molecule has 20 heavy (non-hydrogen) atoms. The lowest BCUT2D eigenvalue weighted by molar-refractivity contribution is -0.140. The second-order valence-corrected chi connectivity index (χ2v) is 4.91. The number of amides is 4. The molecule has 2 aliphatic heterocycles. The molecule has 2 aliphatic rings. The van der Waals surface area contributed by atoms with Gasteiger partial charge in [0.2, 0.25) is 0 Å².